The van der Waals surface area contributed by atoms with Gasteiger partial charge in [-0.2, -0.15) is 0 Å². The van der Waals surface area contributed by atoms with Crippen molar-refractivity contribution in [3.8, 4) is 0 Å². The summed E-state index contributed by atoms with van der Waals surface area (Å²) >= 11 is 5.96. The second kappa shape index (κ2) is 5.88. The van der Waals surface area contributed by atoms with E-state index in [1.165, 1.54) is 6.42 Å². The number of anilines is 1. The average molecular weight is 282 g/mol. The molecule has 0 aliphatic heterocycles. The van der Waals surface area contributed by atoms with Crippen LogP contribution in [-0.2, 0) is 4.79 Å². The smallest absolute Gasteiger partial charge is 0.226 e. The van der Waals surface area contributed by atoms with E-state index in [4.69, 9.17) is 17.3 Å². The standard InChI is InChI=1S/C14H20ClN3O/c1-10-7-11(13(15)17-9-10)18-12(19)8-14(16)5-3-2-4-6-14/h7,9H,2-6,8,16H2,1H3,(H,18,19). The Bertz CT molecular complexity index is 470. The Morgan fingerprint density at radius 3 is 2.84 bits per heavy atom. The molecule has 1 aliphatic rings. The molecule has 1 saturated carbocycles. The Morgan fingerprint density at radius 1 is 1.47 bits per heavy atom. The van der Waals surface area contributed by atoms with Crippen LogP contribution in [0.5, 0.6) is 0 Å². The molecular weight excluding hydrogens is 262 g/mol. The lowest BCUT2D eigenvalue weighted by Crippen LogP contribution is -2.44. The van der Waals surface area contributed by atoms with E-state index in [0.717, 1.165) is 31.2 Å². The zero-order valence-electron chi connectivity index (χ0n) is 11.2. The number of carbonyl (C=O) groups is 1. The van der Waals surface area contributed by atoms with Crippen LogP contribution in [0.4, 0.5) is 5.69 Å². The van der Waals surface area contributed by atoms with E-state index >= 15 is 0 Å². The first-order chi connectivity index (χ1) is 8.98. The summed E-state index contributed by atoms with van der Waals surface area (Å²) in [7, 11) is 0. The van der Waals surface area contributed by atoms with Gasteiger partial charge in [0.25, 0.3) is 0 Å². The lowest BCUT2D eigenvalue weighted by molar-refractivity contribution is -0.117. The Labute approximate surface area is 118 Å². The molecule has 1 heterocycles. The number of nitrogens with zero attached hydrogens (tertiary/aromatic N) is 1. The van der Waals surface area contributed by atoms with E-state index in [1.807, 2.05) is 13.0 Å². The van der Waals surface area contributed by atoms with Gasteiger partial charge in [-0.05, 0) is 31.4 Å². The van der Waals surface area contributed by atoms with Gasteiger partial charge in [0.2, 0.25) is 5.91 Å². The van der Waals surface area contributed by atoms with Crippen molar-refractivity contribution in [2.75, 3.05) is 5.32 Å². The third-order valence-electron chi connectivity index (χ3n) is 3.61. The molecule has 5 heteroatoms. The number of nitrogens with one attached hydrogen (secondary N) is 1. The number of aryl methyl sites for hydroxylation is 1. The molecule has 1 aromatic heterocycles. The van der Waals surface area contributed by atoms with Crippen molar-refractivity contribution in [2.45, 2.75) is 51.0 Å². The Hall–Kier alpha value is -1.13. The summed E-state index contributed by atoms with van der Waals surface area (Å²) in [6.45, 7) is 1.91. The topological polar surface area (TPSA) is 68.0 Å². The number of carbonyl (C=O) groups excluding carboxylic acids is 1. The molecule has 0 bridgehead atoms. The largest absolute Gasteiger partial charge is 0.325 e. The number of amides is 1. The number of rotatable bonds is 3. The van der Waals surface area contributed by atoms with Gasteiger partial charge in [-0.15, -0.1) is 0 Å². The van der Waals surface area contributed by atoms with Crippen LogP contribution in [-0.4, -0.2) is 16.4 Å². The van der Waals surface area contributed by atoms with Crippen molar-refractivity contribution in [3.63, 3.8) is 0 Å². The summed E-state index contributed by atoms with van der Waals surface area (Å²) in [6, 6.07) is 1.82. The van der Waals surface area contributed by atoms with E-state index in [1.54, 1.807) is 6.20 Å². The highest BCUT2D eigenvalue weighted by Crippen LogP contribution is 2.29. The Balaban J connectivity index is 1.99. The third kappa shape index (κ3) is 3.91. The third-order valence-corrected chi connectivity index (χ3v) is 3.91. The number of aromatic nitrogens is 1. The number of hydrogen-bond acceptors (Lipinski definition) is 3. The highest BCUT2D eigenvalue weighted by Gasteiger charge is 2.30. The molecule has 2 rings (SSSR count). The minimum atomic E-state index is -0.355. The minimum absolute atomic E-state index is 0.0845. The van der Waals surface area contributed by atoms with Gasteiger partial charge in [0, 0.05) is 18.2 Å². The lowest BCUT2D eigenvalue weighted by atomic mass is 9.80. The summed E-state index contributed by atoms with van der Waals surface area (Å²) in [5, 5.41) is 3.12. The van der Waals surface area contributed by atoms with E-state index in [0.29, 0.717) is 17.3 Å². The number of nitrogens with two attached hydrogens (primary N) is 1. The molecule has 19 heavy (non-hydrogen) atoms. The average Bonchev–Trinajstić information content (AvgIpc) is 2.34. The molecule has 1 amide bonds. The maximum atomic E-state index is 12.1. The van der Waals surface area contributed by atoms with Crippen molar-refractivity contribution >= 4 is 23.2 Å². The maximum absolute atomic E-state index is 12.1. The van der Waals surface area contributed by atoms with Crippen LogP contribution < -0.4 is 11.1 Å². The SMILES string of the molecule is Cc1cnc(Cl)c(NC(=O)CC2(N)CCCCC2)c1. The summed E-state index contributed by atoms with van der Waals surface area (Å²) in [4.78, 5) is 16.1. The molecule has 0 radical (unpaired) electrons. The predicted molar refractivity (Wildman–Crippen MR) is 77.2 cm³/mol. The molecule has 4 nitrogen and oxygen atoms in total. The van der Waals surface area contributed by atoms with Crippen LogP contribution in [0.2, 0.25) is 5.15 Å². The van der Waals surface area contributed by atoms with Crippen molar-refractivity contribution in [1.29, 1.82) is 0 Å². The number of hydrogen-bond donors (Lipinski definition) is 2. The molecule has 0 aromatic carbocycles. The predicted octanol–water partition coefficient (Wildman–Crippen LogP) is 3.03. The van der Waals surface area contributed by atoms with Crippen molar-refractivity contribution in [1.82, 2.24) is 4.98 Å². The second-order valence-corrected chi connectivity index (χ2v) is 5.86. The normalized spacial score (nSPS) is 18.1. The fourth-order valence-corrected chi connectivity index (χ4v) is 2.74. The molecule has 1 fully saturated rings. The molecule has 1 aliphatic carbocycles. The molecule has 104 valence electrons. The second-order valence-electron chi connectivity index (χ2n) is 5.50. The van der Waals surface area contributed by atoms with Crippen LogP contribution in [0, 0.1) is 6.92 Å². The van der Waals surface area contributed by atoms with Gasteiger partial charge in [-0.3, -0.25) is 4.79 Å². The maximum Gasteiger partial charge on any atom is 0.226 e. The highest BCUT2D eigenvalue weighted by atomic mass is 35.5. The summed E-state index contributed by atoms with van der Waals surface area (Å²) in [5.74, 6) is -0.0845. The number of halogens is 1. The van der Waals surface area contributed by atoms with E-state index in [2.05, 4.69) is 10.3 Å². The minimum Gasteiger partial charge on any atom is -0.325 e. The zero-order chi connectivity index (χ0) is 13.9. The highest BCUT2D eigenvalue weighted by molar-refractivity contribution is 6.32. The van der Waals surface area contributed by atoms with Crippen LogP contribution >= 0.6 is 11.6 Å². The fourth-order valence-electron chi connectivity index (χ4n) is 2.59. The molecule has 0 atom stereocenters. The van der Waals surface area contributed by atoms with Gasteiger partial charge < -0.3 is 11.1 Å². The summed E-state index contributed by atoms with van der Waals surface area (Å²) < 4.78 is 0. The van der Waals surface area contributed by atoms with Gasteiger partial charge in [0.05, 0.1) is 5.69 Å². The number of pyridine rings is 1. The van der Waals surface area contributed by atoms with Gasteiger partial charge in [0.15, 0.2) is 5.15 Å². The van der Waals surface area contributed by atoms with Gasteiger partial charge >= 0.3 is 0 Å². The Kier molecular flexibility index (Phi) is 4.42. The van der Waals surface area contributed by atoms with Crippen LogP contribution in [0.15, 0.2) is 12.3 Å². The first kappa shape index (κ1) is 14.3. The molecule has 0 spiro atoms. The molecule has 0 saturated heterocycles. The van der Waals surface area contributed by atoms with Crippen LogP contribution in [0.1, 0.15) is 44.1 Å². The van der Waals surface area contributed by atoms with Crippen molar-refractivity contribution in [2.24, 2.45) is 5.73 Å². The van der Waals surface area contributed by atoms with E-state index < -0.39 is 0 Å². The molecule has 1 aromatic rings. The molecule has 3 N–H and O–H groups in total. The van der Waals surface area contributed by atoms with Crippen LogP contribution in [0.25, 0.3) is 0 Å². The van der Waals surface area contributed by atoms with Crippen molar-refractivity contribution < 1.29 is 4.79 Å². The fraction of sp³-hybridized carbons (Fsp3) is 0.571. The van der Waals surface area contributed by atoms with E-state index in [9.17, 15) is 4.79 Å². The van der Waals surface area contributed by atoms with Crippen LogP contribution in [0.3, 0.4) is 0 Å². The van der Waals surface area contributed by atoms with Gasteiger partial charge in [-0.25, -0.2) is 4.98 Å². The summed E-state index contributed by atoms with van der Waals surface area (Å²) in [6.07, 6.45) is 7.28. The quantitative estimate of drug-likeness (QED) is 0.837. The summed E-state index contributed by atoms with van der Waals surface area (Å²) in [5.41, 5.74) is 7.44. The van der Waals surface area contributed by atoms with Gasteiger partial charge in [0.1, 0.15) is 0 Å². The molecular formula is C14H20ClN3O. The monoisotopic (exact) mass is 281 g/mol. The van der Waals surface area contributed by atoms with Gasteiger partial charge in [-0.1, -0.05) is 30.9 Å². The first-order valence-electron chi connectivity index (χ1n) is 6.69. The zero-order valence-corrected chi connectivity index (χ0v) is 12.0. The Morgan fingerprint density at radius 2 is 2.16 bits per heavy atom. The van der Waals surface area contributed by atoms with Crippen molar-refractivity contribution in [3.05, 3.63) is 23.0 Å². The van der Waals surface area contributed by atoms with E-state index in [-0.39, 0.29) is 11.4 Å². The first-order valence-corrected chi connectivity index (χ1v) is 7.07. The lowest BCUT2D eigenvalue weighted by Gasteiger charge is -2.32. The molecule has 0 unspecified atom stereocenters.